The normalized spacial score (nSPS) is 11.9. The van der Waals surface area contributed by atoms with Crippen LogP contribution in [0.25, 0.3) is 0 Å². The Balaban J connectivity index is 3.09. The second-order valence-electron chi connectivity index (χ2n) is 12.1. The molecule has 2 N–H and O–H groups in total. The Hall–Kier alpha value is -0.600. The maximum Gasteiger partial charge on any atom is 0.0454 e. The average Bonchev–Trinajstić information content (AvgIpc) is 2.95. The second kappa shape index (κ2) is 37.4. The smallest absolute Gasteiger partial charge is 0.0454 e. The monoisotopic (exact) mass is 547 g/mol. The average molecular weight is 547 g/mol. The molecule has 0 heterocycles. The van der Waals surface area contributed by atoms with Crippen LogP contribution in [-0.2, 0) is 0 Å². The molecule has 0 aliphatic rings. The fraction of sp³-hybridized carbons (Fsp3) is 0.892. The van der Waals surface area contributed by atoms with Crippen molar-refractivity contribution in [2.24, 2.45) is 0 Å². The number of allylic oxidation sites excluding steroid dienone is 4. The van der Waals surface area contributed by atoms with Gasteiger partial charge in [-0.15, -0.1) is 0 Å². The van der Waals surface area contributed by atoms with Crippen LogP contribution in [0.4, 0.5) is 0 Å². The summed E-state index contributed by atoms with van der Waals surface area (Å²) >= 11 is 0. The summed E-state index contributed by atoms with van der Waals surface area (Å²) in [5.74, 6) is 0. The first-order valence-electron chi connectivity index (χ1n) is 18.1. The van der Waals surface area contributed by atoms with Gasteiger partial charge in [0.15, 0.2) is 0 Å². The van der Waals surface area contributed by atoms with Crippen LogP contribution in [0.5, 0.6) is 0 Å². The van der Waals surface area contributed by atoms with Crippen LogP contribution in [0, 0.1) is 0 Å². The number of nitrogens with one attached hydrogen (secondary N) is 2. The minimum absolute atomic E-state index is 0.982. The summed E-state index contributed by atoms with van der Waals surface area (Å²) in [6.45, 7) is 7.90. The lowest BCUT2D eigenvalue weighted by atomic mass is 10.1. The Labute approximate surface area is 248 Å². The summed E-state index contributed by atoms with van der Waals surface area (Å²) in [6.07, 6.45) is 48.5. The standard InChI is InChI=1S/C37H74N2/c1-3-5-7-9-11-13-15-17-19-21-23-25-27-29-31-33-35-38-37-39-36-34-32-30-28-26-24-22-20-18-16-14-12-10-8-6-4-2/h17-20,38-39H,3-16,21-37H2,1-2H3. The maximum absolute atomic E-state index is 3.56. The molecule has 0 fully saturated rings. The molecule has 39 heavy (non-hydrogen) atoms. The molecule has 0 rings (SSSR count). The summed E-state index contributed by atoms with van der Waals surface area (Å²) in [5.41, 5.74) is 0. The fourth-order valence-corrected chi connectivity index (χ4v) is 5.26. The van der Waals surface area contributed by atoms with E-state index in [1.54, 1.807) is 0 Å². The van der Waals surface area contributed by atoms with Crippen LogP contribution in [0.15, 0.2) is 24.3 Å². The van der Waals surface area contributed by atoms with Gasteiger partial charge in [0.05, 0.1) is 0 Å². The molecule has 2 nitrogen and oxygen atoms in total. The lowest BCUT2D eigenvalue weighted by Crippen LogP contribution is -2.30. The quantitative estimate of drug-likeness (QED) is 0.0476. The van der Waals surface area contributed by atoms with E-state index in [1.165, 1.54) is 193 Å². The zero-order valence-corrected chi connectivity index (χ0v) is 27.2. The van der Waals surface area contributed by atoms with E-state index in [9.17, 15) is 0 Å². The molecule has 0 radical (unpaired) electrons. The third-order valence-electron chi connectivity index (χ3n) is 7.98. The molecular weight excluding hydrogens is 472 g/mol. The molecule has 0 aromatic heterocycles. The summed E-state index contributed by atoms with van der Waals surface area (Å²) in [5, 5.41) is 7.13. The predicted octanol–water partition coefficient (Wildman–Crippen LogP) is 12.2. The molecule has 0 saturated carbocycles. The van der Waals surface area contributed by atoms with Crippen LogP contribution in [-0.4, -0.2) is 19.8 Å². The molecule has 0 atom stereocenters. The van der Waals surface area contributed by atoms with Crippen molar-refractivity contribution < 1.29 is 0 Å². The van der Waals surface area contributed by atoms with Crippen molar-refractivity contribution >= 4 is 0 Å². The lowest BCUT2D eigenvalue weighted by Gasteiger charge is -2.07. The third kappa shape index (κ3) is 37.4. The van der Waals surface area contributed by atoms with Crippen molar-refractivity contribution in [3.63, 3.8) is 0 Å². The Morgan fingerprint density at radius 3 is 0.872 bits per heavy atom. The largest absolute Gasteiger partial charge is 0.304 e. The zero-order valence-electron chi connectivity index (χ0n) is 27.2. The van der Waals surface area contributed by atoms with Crippen molar-refractivity contribution in [1.82, 2.24) is 10.6 Å². The van der Waals surface area contributed by atoms with Gasteiger partial charge in [0.1, 0.15) is 0 Å². The van der Waals surface area contributed by atoms with E-state index >= 15 is 0 Å². The van der Waals surface area contributed by atoms with E-state index < -0.39 is 0 Å². The molecule has 232 valence electrons. The second-order valence-corrected chi connectivity index (χ2v) is 12.1. The number of hydrogen-bond donors (Lipinski definition) is 2. The topological polar surface area (TPSA) is 24.1 Å². The molecule has 0 amide bonds. The minimum atomic E-state index is 0.982. The number of hydrogen-bond acceptors (Lipinski definition) is 2. The first kappa shape index (κ1) is 38.4. The van der Waals surface area contributed by atoms with Gasteiger partial charge in [-0.25, -0.2) is 0 Å². The van der Waals surface area contributed by atoms with Crippen molar-refractivity contribution in [1.29, 1.82) is 0 Å². The molecule has 0 aromatic rings. The van der Waals surface area contributed by atoms with Crippen LogP contribution in [0.2, 0.25) is 0 Å². The van der Waals surface area contributed by atoms with E-state index in [0.29, 0.717) is 0 Å². The van der Waals surface area contributed by atoms with E-state index in [1.807, 2.05) is 0 Å². The summed E-state index contributed by atoms with van der Waals surface area (Å²) in [7, 11) is 0. The van der Waals surface area contributed by atoms with E-state index in [4.69, 9.17) is 0 Å². The summed E-state index contributed by atoms with van der Waals surface area (Å²) in [6, 6.07) is 0. The number of unbranched alkanes of at least 4 members (excludes halogenated alkanes) is 24. The number of rotatable bonds is 34. The summed E-state index contributed by atoms with van der Waals surface area (Å²) < 4.78 is 0. The van der Waals surface area contributed by atoms with Crippen molar-refractivity contribution in [3.05, 3.63) is 24.3 Å². The highest BCUT2D eigenvalue weighted by Crippen LogP contribution is 2.11. The molecule has 0 spiro atoms. The molecule has 0 unspecified atom stereocenters. The highest BCUT2D eigenvalue weighted by atomic mass is 15.0. The molecule has 0 saturated heterocycles. The Bertz CT molecular complexity index is 428. The third-order valence-corrected chi connectivity index (χ3v) is 7.98. The minimum Gasteiger partial charge on any atom is -0.304 e. The van der Waals surface area contributed by atoms with Crippen LogP contribution in [0.3, 0.4) is 0 Å². The van der Waals surface area contributed by atoms with Crippen molar-refractivity contribution in [3.8, 4) is 0 Å². The van der Waals surface area contributed by atoms with E-state index in [-0.39, 0.29) is 0 Å². The van der Waals surface area contributed by atoms with Gasteiger partial charge in [0, 0.05) is 6.67 Å². The van der Waals surface area contributed by atoms with Gasteiger partial charge in [-0.3, -0.25) is 0 Å². The Morgan fingerprint density at radius 1 is 0.308 bits per heavy atom. The van der Waals surface area contributed by atoms with E-state index in [2.05, 4.69) is 48.8 Å². The molecule has 0 aliphatic heterocycles. The molecular formula is C37H74N2. The van der Waals surface area contributed by atoms with Gasteiger partial charge in [0.25, 0.3) is 0 Å². The maximum atomic E-state index is 3.56. The first-order valence-corrected chi connectivity index (χ1v) is 18.1. The molecule has 0 aromatic carbocycles. The fourth-order valence-electron chi connectivity index (χ4n) is 5.26. The van der Waals surface area contributed by atoms with Gasteiger partial charge in [-0.2, -0.15) is 0 Å². The molecule has 0 bridgehead atoms. The highest BCUT2D eigenvalue weighted by Gasteiger charge is 1.94. The van der Waals surface area contributed by atoms with Gasteiger partial charge in [-0.1, -0.05) is 154 Å². The molecule has 2 heteroatoms. The Morgan fingerprint density at radius 2 is 0.564 bits per heavy atom. The van der Waals surface area contributed by atoms with E-state index in [0.717, 1.165) is 6.67 Å². The zero-order chi connectivity index (χ0) is 28.2. The summed E-state index contributed by atoms with van der Waals surface area (Å²) in [4.78, 5) is 0. The SMILES string of the molecule is CCCCCCCCC=CCCCCCCCCNCNCCCCCCCCC=CCCCCCCCC. The van der Waals surface area contributed by atoms with Crippen LogP contribution in [0.1, 0.15) is 194 Å². The lowest BCUT2D eigenvalue weighted by molar-refractivity contribution is 0.519. The first-order chi connectivity index (χ1) is 19.4. The van der Waals surface area contributed by atoms with Gasteiger partial charge in [-0.05, 0) is 77.3 Å². The molecule has 0 aliphatic carbocycles. The highest BCUT2D eigenvalue weighted by molar-refractivity contribution is 4.82. The van der Waals surface area contributed by atoms with Crippen molar-refractivity contribution in [2.75, 3.05) is 19.8 Å². The van der Waals surface area contributed by atoms with Gasteiger partial charge in [0.2, 0.25) is 0 Å². The van der Waals surface area contributed by atoms with Gasteiger partial charge < -0.3 is 10.6 Å². The predicted molar refractivity (Wildman–Crippen MR) is 180 cm³/mol. The van der Waals surface area contributed by atoms with Crippen molar-refractivity contribution in [2.45, 2.75) is 194 Å². The van der Waals surface area contributed by atoms with Gasteiger partial charge >= 0.3 is 0 Å². The Kier molecular flexibility index (Phi) is 36.8. The van der Waals surface area contributed by atoms with Crippen LogP contribution < -0.4 is 10.6 Å². The van der Waals surface area contributed by atoms with Crippen LogP contribution >= 0.6 is 0 Å².